The second kappa shape index (κ2) is 7.53. The molecule has 0 aliphatic carbocycles. The maximum absolute atomic E-state index is 13.2. The van der Waals surface area contributed by atoms with E-state index in [9.17, 15) is 14.7 Å². The maximum atomic E-state index is 13.2. The number of ketones is 1. The zero-order valence-corrected chi connectivity index (χ0v) is 16.0. The molecule has 0 fully saturated rings. The Labute approximate surface area is 168 Å². The standard InChI is InChI=1S/C24H21NO4/c1-17-13-14-22(29-17)21(26)16-24(28)19-11-5-6-12-20(19)25(23(24)27)15-7-10-18-8-3-2-4-9-18/h2-14,28H,15-16H2,1H3/b10-7+/t24-/m0/s1. The predicted octanol–water partition coefficient (Wildman–Crippen LogP) is 4.11. The fraction of sp³-hybridized carbons (Fsp3) is 0.167. The first-order chi connectivity index (χ1) is 14.0. The van der Waals surface area contributed by atoms with Crippen LogP contribution in [0.25, 0.3) is 6.08 Å². The molecular weight excluding hydrogens is 366 g/mol. The molecule has 1 aromatic heterocycles. The number of aryl methyl sites for hydroxylation is 1. The molecule has 3 aromatic rings. The average Bonchev–Trinajstić information content (AvgIpc) is 3.25. The van der Waals surface area contributed by atoms with Gasteiger partial charge in [0.15, 0.2) is 11.4 Å². The molecule has 146 valence electrons. The minimum absolute atomic E-state index is 0.142. The van der Waals surface area contributed by atoms with E-state index < -0.39 is 17.3 Å². The number of benzene rings is 2. The quantitative estimate of drug-likeness (QED) is 0.646. The molecule has 29 heavy (non-hydrogen) atoms. The first-order valence-electron chi connectivity index (χ1n) is 9.44. The number of fused-ring (bicyclic) bond motifs is 1. The van der Waals surface area contributed by atoms with Crippen LogP contribution >= 0.6 is 0 Å². The van der Waals surface area contributed by atoms with Crippen molar-refractivity contribution in [2.75, 3.05) is 11.4 Å². The number of carbonyl (C=O) groups is 2. The van der Waals surface area contributed by atoms with Crippen LogP contribution in [0.1, 0.15) is 33.9 Å². The number of aliphatic hydroxyl groups is 1. The summed E-state index contributed by atoms with van der Waals surface area (Å²) in [4.78, 5) is 27.3. The summed E-state index contributed by atoms with van der Waals surface area (Å²) in [6.45, 7) is 2.03. The summed E-state index contributed by atoms with van der Waals surface area (Å²) < 4.78 is 5.37. The van der Waals surface area contributed by atoms with Gasteiger partial charge in [0.25, 0.3) is 5.91 Å². The fourth-order valence-corrected chi connectivity index (χ4v) is 3.62. The lowest BCUT2D eigenvalue weighted by Gasteiger charge is -2.21. The van der Waals surface area contributed by atoms with Gasteiger partial charge >= 0.3 is 0 Å². The molecule has 2 heterocycles. The Balaban J connectivity index is 1.60. The van der Waals surface area contributed by atoms with Crippen molar-refractivity contribution in [1.82, 2.24) is 0 Å². The van der Waals surface area contributed by atoms with E-state index in [2.05, 4.69) is 0 Å². The number of hydrogen-bond donors (Lipinski definition) is 1. The van der Waals surface area contributed by atoms with Gasteiger partial charge in [-0.15, -0.1) is 0 Å². The van der Waals surface area contributed by atoms with Gasteiger partial charge in [-0.25, -0.2) is 0 Å². The van der Waals surface area contributed by atoms with Gasteiger partial charge in [0, 0.05) is 12.1 Å². The molecule has 1 amide bonds. The van der Waals surface area contributed by atoms with Gasteiger partial charge in [-0.2, -0.15) is 0 Å². The van der Waals surface area contributed by atoms with Crippen LogP contribution in [0.3, 0.4) is 0 Å². The SMILES string of the molecule is Cc1ccc(C(=O)C[C@@]2(O)C(=O)N(C/C=C/c3ccccc3)c3ccccc32)o1. The van der Waals surface area contributed by atoms with Crippen LogP contribution < -0.4 is 4.90 Å². The number of hydrogen-bond acceptors (Lipinski definition) is 4. The highest BCUT2D eigenvalue weighted by Gasteiger charge is 2.50. The number of Topliss-reactive ketones (excluding diaryl/α,β-unsaturated/α-hetero) is 1. The molecule has 0 saturated heterocycles. The van der Waals surface area contributed by atoms with Crippen molar-refractivity contribution < 1.29 is 19.1 Å². The van der Waals surface area contributed by atoms with Crippen molar-refractivity contribution in [3.8, 4) is 0 Å². The Morgan fingerprint density at radius 1 is 1.07 bits per heavy atom. The number of rotatable bonds is 6. The third-order valence-corrected chi connectivity index (χ3v) is 5.07. The Morgan fingerprint density at radius 2 is 1.79 bits per heavy atom. The summed E-state index contributed by atoms with van der Waals surface area (Å²) in [7, 11) is 0. The van der Waals surface area contributed by atoms with E-state index in [-0.39, 0.29) is 12.2 Å². The molecule has 0 radical (unpaired) electrons. The molecule has 5 nitrogen and oxygen atoms in total. The van der Waals surface area contributed by atoms with Crippen molar-refractivity contribution in [1.29, 1.82) is 0 Å². The molecule has 2 aromatic carbocycles. The highest BCUT2D eigenvalue weighted by Crippen LogP contribution is 2.42. The predicted molar refractivity (Wildman–Crippen MR) is 111 cm³/mol. The molecule has 1 aliphatic heterocycles. The van der Waals surface area contributed by atoms with Gasteiger partial charge in [-0.05, 0) is 30.7 Å². The fourth-order valence-electron chi connectivity index (χ4n) is 3.62. The van der Waals surface area contributed by atoms with E-state index in [4.69, 9.17) is 4.42 Å². The number of anilines is 1. The first-order valence-corrected chi connectivity index (χ1v) is 9.44. The molecule has 0 unspecified atom stereocenters. The first kappa shape index (κ1) is 18.9. The van der Waals surface area contributed by atoms with Gasteiger partial charge in [-0.1, -0.05) is 60.7 Å². The maximum Gasteiger partial charge on any atom is 0.264 e. The summed E-state index contributed by atoms with van der Waals surface area (Å²) in [5.41, 5.74) is 0.163. The van der Waals surface area contributed by atoms with Gasteiger partial charge in [0.2, 0.25) is 5.78 Å². The zero-order chi connectivity index (χ0) is 20.4. The van der Waals surface area contributed by atoms with Gasteiger partial charge in [0.1, 0.15) is 5.76 Å². The number of furan rings is 1. The second-order valence-corrected chi connectivity index (χ2v) is 7.12. The molecule has 4 rings (SSSR count). The van der Waals surface area contributed by atoms with Crippen molar-refractivity contribution in [2.45, 2.75) is 18.9 Å². The number of para-hydroxylation sites is 1. The van der Waals surface area contributed by atoms with Crippen molar-refractivity contribution in [3.63, 3.8) is 0 Å². The Kier molecular flexibility index (Phi) is 4.91. The van der Waals surface area contributed by atoms with E-state index in [0.717, 1.165) is 5.56 Å². The topological polar surface area (TPSA) is 70.8 Å². The minimum atomic E-state index is -1.91. The smallest absolute Gasteiger partial charge is 0.264 e. The molecule has 1 N–H and O–H groups in total. The Hall–Kier alpha value is -3.44. The van der Waals surface area contributed by atoms with Crippen LogP contribution in [0.2, 0.25) is 0 Å². The van der Waals surface area contributed by atoms with Crippen LogP contribution in [-0.4, -0.2) is 23.3 Å². The second-order valence-electron chi connectivity index (χ2n) is 7.12. The number of nitrogens with zero attached hydrogens (tertiary/aromatic N) is 1. The van der Waals surface area contributed by atoms with E-state index >= 15 is 0 Å². The van der Waals surface area contributed by atoms with Crippen LogP contribution in [0.4, 0.5) is 5.69 Å². The molecule has 1 aliphatic rings. The minimum Gasteiger partial charge on any atom is -0.458 e. The summed E-state index contributed by atoms with van der Waals surface area (Å²) in [5, 5.41) is 11.3. The van der Waals surface area contributed by atoms with Gasteiger partial charge < -0.3 is 14.4 Å². The van der Waals surface area contributed by atoms with E-state index in [0.29, 0.717) is 23.6 Å². The number of amides is 1. The lowest BCUT2D eigenvalue weighted by Crippen LogP contribution is -2.41. The molecular formula is C24H21NO4. The van der Waals surface area contributed by atoms with Gasteiger partial charge in [-0.3, -0.25) is 9.59 Å². The lowest BCUT2D eigenvalue weighted by atomic mass is 9.89. The summed E-state index contributed by atoms with van der Waals surface area (Å²) >= 11 is 0. The number of carbonyl (C=O) groups excluding carboxylic acids is 2. The molecule has 5 heteroatoms. The van der Waals surface area contributed by atoms with E-state index in [1.165, 1.54) is 4.90 Å². The lowest BCUT2D eigenvalue weighted by molar-refractivity contribution is -0.135. The van der Waals surface area contributed by atoms with E-state index in [1.54, 1.807) is 37.3 Å². The van der Waals surface area contributed by atoms with Crippen molar-refractivity contribution >= 4 is 23.5 Å². The Bertz CT molecular complexity index is 1080. The van der Waals surface area contributed by atoms with E-state index in [1.807, 2.05) is 48.6 Å². The third-order valence-electron chi connectivity index (χ3n) is 5.07. The normalized spacial score (nSPS) is 18.4. The summed E-state index contributed by atoms with van der Waals surface area (Å²) in [5.74, 6) is -0.173. The zero-order valence-electron chi connectivity index (χ0n) is 16.0. The third kappa shape index (κ3) is 3.52. The molecule has 0 bridgehead atoms. The largest absolute Gasteiger partial charge is 0.458 e. The van der Waals surface area contributed by atoms with Gasteiger partial charge in [0.05, 0.1) is 12.1 Å². The van der Waals surface area contributed by atoms with Crippen LogP contribution in [0.15, 0.2) is 77.2 Å². The summed E-state index contributed by atoms with van der Waals surface area (Å²) in [6.07, 6.45) is 3.42. The van der Waals surface area contributed by atoms with Crippen LogP contribution in [0, 0.1) is 6.92 Å². The average molecular weight is 387 g/mol. The van der Waals surface area contributed by atoms with Crippen molar-refractivity contribution in [2.24, 2.45) is 0 Å². The monoisotopic (exact) mass is 387 g/mol. The highest BCUT2D eigenvalue weighted by atomic mass is 16.3. The molecule has 1 atom stereocenters. The molecule has 0 saturated carbocycles. The highest BCUT2D eigenvalue weighted by molar-refractivity contribution is 6.10. The van der Waals surface area contributed by atoms with Crippen molar-refractivity contribution in [3.05, 3.63) is 95.5 Å². The Morgan fingerprint density at radius 3 is 2.52 bits per heavy atom. The van der Waals surface area contributed by atoms with Crippen LogP contribution in [-0.2, 0) is 10.4 Å². The summed E-state index contributed by atoms with van der Waals surface area (Å²) in [6, 6.07) is 20.0. The van der Waals surface area contributed by atoms with Crippen LogP contribution in [0.5, 0.6) is 0 Å². The molecule has 0 spiro atoms.